The van der Waals surface area contributed by atoms with Gasteiger partial charge in [0.15, 0.2) is 0 Å². The predicted molar refractivity (Wildman–Crippen MR) is 131 cm³/mol. The maximum atomic E-state index is 12.5. The van der Waals surface area contributed by atoms with Crippen molar-refractivity contribution in [1.82, 2.24) is 21.3 Å². The zero-order chi connectivity index (χ0) is 28.7. The number of aliphatic carboxylic acids is 2. The molecule has 4 amide bonds. The summed E-state index contributed by atoms with van der Waals surface area (Å²) in [5.41, 5.74) is 9.27. The van der Waals surface area contributed by atoms with Crippen LogP contribution in [0.1, 0.15) is 58.8 Å². The molecule has 0 aromatic carbocycles. The minimum atomic E-state index is -1.42. The van der Waals surface area contributed by atoms with Gasteiger partial charge in [-0.1, -0.05) is 0 Å². The number of nitrogens with two attached hydrogens (primary N) is 2. The molecule has 14 nitrogen and oxygen atoms in total. The molecule has 1 aliphatic carbocycles. The number of carbonyl (C=O) groups excluding carboxylic acids is 4. The van der Waals surface area contributed by atoms with E-state index in [4.69, 9.17) is 31.3 Å². The third kappa shape index (κ3) is 10.6. The molecular weight excluding hydrogens is 476 g/mol. The molecule has 0 spiro atoms. The third-order valence-corrected chi connectivity index (χ3v) is 6.19. The standard InChI is InChI=1S/C18H34N6O4.2C2H4O2/c1-21-12(25)8-16(9-13(26)22-2)6-5-7-18(19,20)17(16,10-14(27)23-3)11-15(28)24-4;2*1-2(3)4/h5-11,19-20H2,1-4H3,(H,21,25)(H,22,26)(H,23,27)(H,24,28);2*1H3,(H,3,4). The number of hydrogen-bond acceptors (Lipinski definition) is 8. The monoisotopic (exact) mass is 518 g/mol. The molecule has 1 rings (SSSR count). The van der Waals surface area contributed by atoms with Gasteiger partial charge in [-0.25, -0.2) is 0 Å². The molecule has 0 saturated heterocycles. The Morgan fingerprint density at radius 3 is 1.19 bits per heavy atom. The fourth-order valence-corrected chi connectivity index (χ4v) is 4.55. The Morgan fingerprint density at radius 1 is 0.639 bits per heavy atom. The zero-order valence-corrected chi connectivity index (χ0v) is 21.9. The lowest BCUT2D eigenvalue weighted by atomic mass is 9.46. The molecule has 0 bridgehead atoms. The highest BCUT2D eigenvalue weighted by molar-refractivity contribution is 5.84. The second kappa shape index (κ2) is 15.7. The Bertz CT molecular complexity index is 743. The van der Waals surface area contributed by atoms with Crippen LogP contribution in [0.25, 0.3) is 0 Å². The van der Waals surface area contributed by atoms with E-state index in [1.807, 2.05) is 0 Å². The van der Waals surface area contributed by atoms with Crippen molar-refractivity contribution in [3.63, 3.8) is 0 Å². The number of hydrogen-bond donors (Lipinski definition) is 8. The van der Waals surface area contributed by atoms with E-state index in [1.165, 1.54) is 28.2 Å². The Balaban J connectivity index is 0. The maximum Gasteiger partial charge on any atom is 0.300 e. The first-order valence-corrected chi connectivity index (χ1v) is 11.3. The summed E-state index contributed by atoms with van der Waals surface area (Å²) in [6, 6.07) is 0. The van der Waals surface area contributed by atoms with Gasteiger partial charge in [0.1, 0.15) is 0 Å². The second-order valence-corrected chi connectivity index (χ2v) is 8.69. The Kier molecular flexibility index (Phi) is 15.2. The molecule has 0 heterocycles. The van der Waals surface area contributed by atoms with Crippen molar-refractivity contribution < 1.29 is 39.0 Å². The summed E-state index contributed by atoms with van der Waals surface area (Å²) in [5, 5.41) is 25.1. The number of carbonyl (C=O) groups is 6. The van der Waals surface area contributed by atoms with E-state index in [9.17, 15) is 19.2 Å². The molecule has 36 heavy (non-hydrogen) atoms. The van der Waals surface area contributed by atoms with Crippen molar-refractivity contribution in [2.75, 3.05) is 28.2 Å². The first kappa shape index (κ1) is 34.9. The highest BCUT2D eigenvalue weighted by atomic mass is 16.4. The summed E-state index contributed by atoms with van der Waals surface area (Å²) in [7, 11) is 5.95. The van der Waals surface area contributed by atoms with Gasteiger partial charge in [0.2, 0.25) is 23.6 Å². The van der Waals surface area contributed by atoms with Crippen LogP contribution in [0, 0.1) is 10.8 Å². The first-order valence-electron chi connectivity index (χ1n) is 11.3. The van der Waals surface area contributed by atoms with E-state index in [0.717, 1.165) is 13.8 Å². The Morgan fingerprint density at radius 2 is 0.917 bits per heavy atom. The molecule has 14 heteroatoms. The van der Waals surface area contributed by atoms with Crippen molar-refractivity contribution in [2.45, 2.75) is 64.5 Å². The Hall–Kier alpha value is -3.26. The molecule has 1 saturated carbocycles. The summed E-state index contributed by atoms with van der Waals surface area (Å²) in [4.78, 5) is 67.9. The number of carboxylic acid groups (broad SMARTS) is 2. The van der Waals surface area contributed by atoms with Gasteiger partial charge in [-0.15, -0.1) is 0 Å². The first-order chi connectivity index (χ1) is 16.5. The van der Waals surface area contributed by atoms with Gasteiger partial charge < -0.3 is 42.9 Å². The van der Waals surface area contributed by atoms with Crippen molar-refractivity contribution in [1.29, 1.82) is 0 Å². The van der Waals surface area contributed by atoms with E-state index < -0.39 is 28.4 Å². The van der Waals surface area contributed by atoms with Crippen LogP contribution in [0.4, 0.5) is 0 Å². The van der Waals surface area contributed by atoms with Crippen LogP contribution >= 0.6 is 0 Å². The second-order valence-electron chi connectivity index (χ2n) is 8.69. The largest absolute Gasteiger partial charge is 0.481 e. The smallest absolute Gasteiger partial charge is 0.300 e. The van der Waals surface area contributed by atoms with Crippen LogP contribution in [0.3, 0.4) is 0 Å². The van der Waals surface area contributed by atoms with Crippen LogP contribution < -0.4 is 32.7 Å². The van der Waals surface area contributed by atoms with E-state index >= 15 is 0 Å². The lowest BCUT2D eigenvalue weighted by molar-refractivity contribution is -0.158. The van der Waals surface area contributed by atoms with E-state index in [-0.39, 0.29) is 49.3 Å². The molecule has 0 radical (unpaired) electrons. The zero-order valence-electron chi connectivity index (χ0n) is 21.9. The molecular formula is C22H42N6O8. The van der Waals surface area contributed by atoms with Gasteiger partial charge >= 0.3 is 0 Å². The molecule has 10 N–H and O–H groups in total. The Labute approximate surface area is 211 Å². The maximum absolute atomic E-state index is 12.5. The van der Waals surface area contributed by atoms with Gasteiger partial charge in [0, 0.05) is 73.1 Å². The molecule has 1 fully saturated rings. The summed E-state index contributed by atoms with van der Waals surface area (Å²) < 4.78 is 0. The molecule has 0 aliphatic heterocycles. The lowest BCUT2D eigenvalue weighted by Gasteiger charge is -2.60. The molecule has 0 unspecified atom stereocenters. The molecule has 0 atom stereocenters. The molecule has 1 aliphatic rings. The lowest BCUT2D eigenvalue weighted by Crippen LogP contribution is -2.72. The molecule has 208 valence electrons. The average Bonchev–Trinajstić information content (AvgIpc) is 2.75. The van der Waals surface area contributed by atoms with Crippen molar-refractivity contribution in [2.24, 2.45) is 22.3 Å². The average molecular weight is 519 g/mol. The van der Waals surface area contributed by atoms with Crippen LogP contribution in [-0.2, 0) is 28.8 Å². The van der Waals surface area contributed by atoms with E-state index in [1.54, 1.807) is 0 Å². The van der Waals surface area contributed by atoms with Crippen LogP contribution in [0.2, 0.25) is 0 Å². The number of nitrogens with one attached hydrogen (secondary N) is 4. The number of amides is 4. The van der Waals surface area contributed by atoms with Crippen LogP contribution in [-0.4, -0.2) is 79.6 Å². The van der Waals surface area contributed by atoms with E-state index in [0.29, 0.717) is 19.3 Å². The van der Waals surface area contributed by atoms with Gasteiger partial charge in [0.05, 0.1) is 5.66 Å². The quantitative estimate of drug-likeness (QED) is 0.172. The summed E-state index contributed by atoms with van der Waals surface area (Å²) in [5.74, 6) is -2.99. The SMILES string of the molecule is CC(=O)O.CC(=O)O.CNC(=O)CC1(CC(=O)NC)CCCC(N)(N)C1(CC(=O)NC)CC(=O)NC. The topological polar surface area (TPSA) is 243 Å². The van der Waals surface area contributed by atoms with Gasteiger partial charge in [0.25, 0.3) is 11.9 Å². The van der Waals surface area contributed by atoms with Crippen molar-refractivity contribution in [3.8, 4) is 0 Å². The van der Waals surface area contributed by atoms with Crippen molar-refractivity contribution >= 4 is 35.6 Å². The van der Waals surface area contributed by atoms with E-state index in [2.05, 4.69) is 21.3 Å². The highest BCUT2D eigenvalue weighted by Gasteiger charge is 2.64. The van der Waals surface area contributed by atoms with Gasteiger partial charge in [-0.3, -0.25) is 28.8 Å². The number of rotatable bonds is 8. The normalized spacial score (nSPS) is 16.3. The van der Waals surface area contributed by atoms with Crippen LogP contribution in [0.5, 0.6) is 0 Å². The van der Waals surface area contributed by atoms with Crippen LogP contribution in [0.15, 0.2) is 0 Å². The fraction of sp³-hybridized carbons (Fsp3) is 0.727. The number of carboxylic acids is 2. The predicted octanol–water partition coefficient (Wildman–Crippen LogP) is -1.52. The summed E-state index contributed by atoms with van der Waals surface area (Å²) >= 11 is 0. The van der Waals surface area contributed by atoms with Gasteiger partial charge in [-0.2, -0.15) is 0 Å². The summed E-state index contributed by atoms with van der Waals surface area (Å²) in [6.07, 6.45) is 0.907. The highest BCUT2D eigenvalue weighted by Crippen LogP contribution is 2.60. The minimum Gasteiger partial charge on any atom is -0.481 e. The van der Waals surface area contributed by atoms with Gasteiger partial charge in [-0.05, 0) is 24.7 Å². The molecule has 0 aromatic heterocycles. The molecule has 0 aromatic rings. The van der Waals surface area contributed by atoms with Crippen molar-refractivity contribution in [3.05, 3.63) is 0 Å². The summed E-state index contributed by atoms with van der Waals surface area (Å²) in [6.45, 7) is 2.17. The fourth-order valence-electron chi connectivity index (χ4n) is 4.55. The minimum absolute atomic E-state index is 0.0684. The third-order valence-electron chi connectivity index (χ3n) is 6.19.